The molecule has 0 unspecified atom stereocenters. The minimum absolute atomic E-state index is 0.748. The third kappa shape index (κ3) is 2.97. The Bertz CT molecular complexity index is 759. The van der Waals surface area contributed by atoms with Gasteiger partial charge in [-0.3, -0.25) is 0 Å². The van der Waals surface area contributed by atoms with Gasteiger partial charge in [0.1, 0.15) is 0 Å². The number of benzene rings is 2. The van der Waals surface area contributed by atoms with Gasteiger partial charge in [-0.2, -0.15) is 0 Å². The molecule has 5 heteroatoms. The van der Waals surface area contributed by atoms with Crippen LogP contribution in [0.15, 0.2) is 42.5 Å². The molecule has 3 aromatic rings. The predicted octanol–water partition coefficient (Wildman–Crippen LogP) is 5.22. The number of thiazole rings is 1. The van der Waals surface area contributed by atoms with Crippen LogP contribution < -0.4 is 5.32 Å². The number of aromatic amines is 1. The van der Waals surface area contributed by atoms with Gasteiger partial charge in [-0.15, -0.1) is 11.3 Å². The molecule has 0 fully saturated rings. The van der Waals surface area contributed by atoms with Crippen LogP contribution in [0.3, 0.4) is 0 Å². The van der Waals surface area contributed by atoms with Gasteiger partial charge in [-0.05, 0) is 54.2 Å². The van der Waals surface area contributed by atoms with E-state index in [1.807, 2.05) is 24.3 Å². The normalized spacial score (nSPS) is 10.8. The lowest BCUT2D eigenvalue weighted by atomic mass is 10.2. The van der Waals surface area contributed by atoms with Gasteiger partial charge in [0, 0.05) is 17.3 Å². The molecule has 96 valence electrons. The molecular formula is C14H11ClN2S2. The van der Waals surface area contributed by atoms with Crippen molar-refractivity contribution in [1.29, 1.82) is 0 Å². The van der Waals surface area contributed by atoms with Gasteiger partial charge < -0.3 is 10.3 Å². The third-order valence-corrected chi connectivity index (χ3v) is 4.29. The van der Waals surface area contributed by atoms with Crippen molar-refractivity contribution in [3.05, 3.63) is 57.0 Å². The Morgan fingerprint density at radius 2 is 1.95 bits per heavy atom. The summed E-state index contributed by atoms with van der Waals surface area (Å²) in [6, 6.07) is 14.0. The van der Waals surface area contributed by atoms with E-state index in [9.17, 15) is 0 Å². The number of hydrogen-bond donors (Lipinski definition) is 2. The fraction of sp³-hybridized carbons (Fsp3) is 0.0714. The summed E-state index contributed by atoms with van der Waals surface area (Å²) in [5.41, 5.74) is 3.37. The Morgan fingerprint density at radius 3 is 2.74 bits per heavy atom. The molecule has 1 heterocycles. The molecule has 0 bridgehead atoms. The average molecular weight is 307 g/mol. The average Bonchev–Trinajstić information content (AvgIpc) is 2.77. The second-order valence-electron chi connectivity index (χ2n) is 4.21. The Morgan fingerprint density at radius 1 is 1.16 bits per heavy atom. The second-order valence-corrected chi connectivity index (χ2v) is 6.36. The molecule has 0 radical (unpaired) electrons. The van der Waals surface area contributed by atoms with Crippen molar-refractivity contribution in [2.75, 3.05) is 5.32 Å². The van der Waals surface area contributed by atoms with Gasteiger partial charge in [0.15, 0.2) is 3.95 Å². The Labute approximate surface area is 125 Å². The first-order valence-corrected chi connectivity index (χ1v) is 7.42. The molecule has 0 aliphatic heterocycles. The van der Waals surface area contributed by atoms with E-state index in [0.29, 0.717) is 0 Å². The van der Waals surface area contributed by atoms with Gasteiger partial charge in [0.2, 0.25) is 0 Å². The largest absolute Gasteiger partial charge is 0.381 e. The van der Waals surface area contributed by atoms with E-state index in [1.165, 1.54) is 10.3 Å². The zero-order valence-corrected chi connectivity index (χ0v) is 12.3. The van der Waals surface area contributed by atoms with Crippen LogP contribution in [0.25, 0.3) is 10.2 Å². The second kappa shape index (κ2) is 5.33. The number of nitrogens with one attached hydrogen (secondary N) is 2. The Hall–Kier alpha value is -1.36. The van der Waals surface area contributed by atoms with Gasteiger partial charge >= 0.3 is 0 Å². The number of H-pyrrole nitrogens is 1. The first kappa shape index (κ1) is 12.7. The van der Waals surface area contributed by atoms with E-state index < -0.39 is 0 Å². The van der Waals surface area contributed by atoms with E-state index in [4.69, 9.17) is 23.8 Å². The minimum atomic E-state index is 0.748. The topological polar surface area (TPSA) is 27.8 Å². The highest BCUT2D eigenvalue weighted by atomic mass is 35.5. The van der Waals surface area contributed by atoms with Crippen molar-refractivity contribution >= 4 is 51.1 Å². The summed E-state index contributed by atoms with van der Waals surface area (Å²) >= 11 is 12.6. The van der Waals surface area contributed by atoms with Gasteiger partial charge in [-0.25, -0.2) is 0 Å². The van der Waals surface area contributed by atoms with E-state index in [1.54, 1.807) is 11.3 Å². The fourth-order valence-electron chi connectivity index (χ4n) is 1.88. The Balaban J connectivity index is 1.77. The van der Waals surface area contributed by atoms with Crippen molar-refractivity contribution in [1.82, 2.24) is 4.98 Å². The molecule has 0 atom stereocenters. The SMILES string of the molecule is S=c1[nH]c2cc(CNc3ccc(Cl)cc3)ccc2s1. The lowest BCUT2D eigenvalue weighted by molar-refractivity contribution is 1.15. The van der Waals surface area contributed by atoms with Crippen LogP contribution in [-0.4, -0.2) is 4.98 Å². The summed E-state index contributed by atoms with van der Waals surface area (Å²) in [4.78, 5) is 3.19. The fourth-order valence-corrected chi connectivity index (χ4v) is 3.10. The lowest BCUT2D eigenvalue weighted by Gasteiger charge is -2.06. The summed E-state index contributed by atoms with van der Waals surface area (Å²) in [5, 5.41) is 4.11. The molecule has 0 amide bonds. The number of halogens is 1. The number of anilines is 1. The maximum Gasteiger partial charge on any atom is 0.159 e. The number of hydrogen-bond acceptors (Lipinski definition) is 3. The third-order valence-electron chi connectivity index (χ3n) is 2.82. The van der Waals surface area contributed by atoms with Gasteiger partial charge in [0.05, 0.1) is 10.2 Å². The van der Waals surface area contributed by atoms with Crippen molar-refractivity contribution in [2.24, 2.45) is 0 Å². The van der Waals surface area contributed by atoms with Crippen LogP contribution in [0.5, 0.6) is 0 Å². The van der Waals surface area contributed by atoms with Gasteiger partial charge in [0.25, 0.3) is 0 Å². The monoisotopic (exact) mass is 306 g/mol. The number of aromatic nitrogens is 1. The first-order valence-electron chi connectivity index (χ1n) is 5.82. The molecule has 0 aliphatic rings. The molecule has 3 rings (SSSR count). The molecule has 2 aromatic carbocycles. The highest BCUT2D eigenvalue weighted by molar-refractivity contribution is 7.73. The highest BCUT2D eigenvalue weighted by Crippen LogP contribution is 2.21. The molecule has 2 nitrogen and oxygen atoms in total. The van der Waals surface area contributed by atoms with Crippen molar-refractivity contribution in [3.8, 4) is 0 Å². The van der Waals surface area contributed by atoms with Crippen LogP contribution >= 0.6 is 35.2 Å². The van der Waals surface area contributed by atoms with Crippen molar-refractivity contribution in [2.45, 2.75) is 6.54 Å². The van der Waals surface area contributed by atoms with E-state index >= 15 is 0 Å². The number of fused-ring (bicyclic) bond motifs is 1. The molecule has 0 saturated heterocycles. The standard InChI is InChI=1S/C14H11ClN2S2/c15-10-2-4-11(5-3-10)16-8-9-1-6-13-12(7-9)17-14(18)19-13/h1-7,16H,8H2,(H,17,18). The summed E-state index contributed by atoms with van der Waals surface area (Å²) in [6.45, 7) is 0.772. The molecule has 19 heavy (non-hydrogen) atoms. The van der Waals surface area contributed by atoms with Crippen molar-refractivity contribution in [3.63, 3.8) is 0 Å². The molecule has 0 spiro atoms. The summed E-state index contributed by atoms with van der Waals surface area (Å²) in [7, 11) is 0. The summed E-state index contributed by atoms with van der Waals surface area (Å²) in [6.07, 6.45) is 0. The Kier molecular flexibility index (Phi) is 3.55. The zero-order chi connectivity index (χ0) is 13.2. The smallest absolute Gasteiger partial charge is 0.159 e. The van der Waals surface area contributed by atoms with Crippen LogP contribution in [0, 0.1) is 3.95 Å². The predicted molar refractivity (Wildman–Crippen MR) is 85.8 cm³/mol. The van der Waals surface area contributed by atoms with Crippen LogP contribution in [0.2, 0.25) is 5.02 Å². The molecular weight excluding hydrogens is 296 g/mol. The zero-order valence-electron chi connectivity index (χ0n) is 9.94. The van der Waals surface area contributed by atoms with Crippen molar-refractivity contribution < 1.29 is 0 Å². The first-order chi connectivity index (χ1) is 9.20. The summed E-state index contributed by atoms with van der Waals surface area (Å²) in [5.74, 6) is 0. The molecule has 1 aromatic heterocycles. The van der Waals surface area contributed by atoms with E-state index in [2.05, 4.69) is 28.5 Å². The number of rotatable bonds is 3. The molecule has 0 saturated carbocycles. The minimum Gasteiger partial charge on any atom is -0.381 e. The van der Waals surface area contributed by atoms with Crippen LogP contribution in [0.1, 0.15) is 5.56 Å². The lowest BCUT2D eigenvalue weighted by Crippen LogP contribution is -1.98. The van der Waals surface area contributed by atoms with Crippen LogP contribution in [0.4, 0.5) is 5.69 Å². The van der Waals surface area contributed by atoms with E-state index in [0.717, 1.165) is 26.7 Å². The highest BCUT2D eigenvalue weighted by Gasteiger charge is 2.00. The van der Waals surface area contributed by atoms with Gasteiger partial charge in [-0.1, -0.05) is 17.7 Å². The maximum atomic E-state index is 5.86. The quantitative estimate of drug-likeness (QED) is 0.649. The molecule has 0 aliphatic carbocycles. The maximum absolute atomic E-state index is 5.86. The van der Waals surface area contributed by atoms with E-state index in [-0.39, 0.29) is 0 Å². The molecule has 2 N–H and O–H groups in total. The van der Waals surface area contributed by atoms with Crippen LogP contribution in [-0.2, 0) is 6.54 Å². The summed E-state index contributed by atoms with van der Waals surface area (Å²) < 4.78 is 2.01.